The Morgan fingerprint density at radius 1 is 1.03 bits per heavy atom. The van der Waals surface area contributed by atoms with E-state index < -0.39 is 34.7 Å². The minimum absolute atomic E-state index is 0.124. The maximum atomic E-state index is 12.5. The molecule has 3 rings (SSSR count). The number of hydrogen-bond acceptors (Lipinski definition) is 6. The molecule has 0 saturated heterocycles. The highest BCUT2D eigenvalue weighted by Crippen LogP contribution is 2.26. The van der Waals surface area contributed by atoms with Crippen molar-refractivity contribution in [1.29, 1.82) is 0 Å². The molecule has 1 atom stereocenters. The van der Waals surface area contributed by atoms with Crippen molar-refractivity contribution in [3.8, 4) is 0 Å². The zero-order chi connectivity index (χ0) is 21.1. The number of carboxylic acids is 1. The highest BCUT2D eigenvalue weighted by Gasteiger charge is 2.42. The molecular weight excluding hydrogens is 382 g/mol. The van der Waals surface area contributed by atoms with E-state index in [-0.39, 0.29) is 29.7 Å². The fourth-order valence-electron chi connectivity index (χ4n) is 3.01. The van der Waals surface area contributed by atoms with Crippen LogP contribution in [0.2, 0.25) is 0 Å². The standard InChI is InChI=1S/C19H15N3O7/c23-16(20-11-5-7-12(8-6-11)22(28)29)10-9-15(19(26)27)21-17(24)13-3-1-2-4-14(13)18(21)25/h1-8,15H,9-10H2,(H,20,23)(H,26,27). The molecule has 0 bridgehead atoms. The third kappa shape index (κ3) is 3.95. The van der Waals surface area contributed by atoms with Crippen LogP contribution in [0.25, 0.3) is 0 Å². The van der Waals surface area contributed by atoms with Gasteiger partial charge in [-0.1, -0.05) is 12.1 Å². The summed E-state index contributed by atoms with van der Waals surface area (Å²) in [5, 5.41) is 22.6. The summed E-state index contributed by atoms with van der Waals surface area (Å²) in [5.41, 5.74) is 0.408. The maximum absolute atomic E-state index is 12.5. The summed E-state index contributed by atoms with van der Waals surface area (Å²) < 4.78 is 0. The molecule has 2 aromatic carbocycles. The third-order valence-corrected chi connectivity index (χ3v) is 4.43. The molecule has 1 heterocycles. The topological polar surface area (TPSA) is 147 Å². The number of imide groups is 1. The number of hydrogen-bond donors (Lipinski definition) is 2. The lowest BCUT2D eigenvalue weighted by Gasteiger charge is -2.22. The molecule has 0 aliphatic carbocycles. The quantitative estimate of drug-likeness (QED) is 0.413. The van der Waals surface area contributed by atoms with Crippen molar-refractivity contribution in [2.75, 3.05) is 5.32 Å². The van der Waals surface area contributed by atoms with Gasteiger partial charge in [-0.3, -0.25) is 29.4 Å². The second kappa shape index (κ2) is 7.89. The van der Waals surface area contributed by atoms with Crippen molar-refractivity contribution in [2.45, 2.75) is 18.9 Å². The van der Waals surface area contributed by atoms with Gasteiger partial charge in [-0.15, -0.1) is 0 Å². The minimum atomic E-state index is -1.50. The Morgan fingerprint density at radius 2 is 1.59 bits per heavy atom. The van der Waals surface area contributed by atoms with Gasteiger partial charge in [-0.25, -0.2) is 4.79 Å². The van der Waals surface area contributed by atoms with E-state index in [0.29, 0.717) is 10.6 Å². The molecule has 0 aromatic heterocycles. The van der Waals surface area contributed by atoms with Crippen molar-refractivity contribution in [3.63, 3.8) is 0 Å². The summed E-state index contributed by atoms with van der Waals surface area (Å²) in [6, 6.07) is 9.64. The average molecular weight is 397 g/mol. The number of aliphatic carboxylic acids is 1. The van der Waals surface area contributed by atoms with E-state index in [4.69, 9.17) is 0 Å². The molecule has 1 unspecified atom stereocenters. The highest BCUT2D eigenvalue weighted by molar-refractivity contribution is 6.22. The maximum Gasteiger partial charge on any atom is 0.326 e. The number of amides is 3. The Kier molecular flexibility index (Phi) is 5.35. The monoisotopic (exact) mass is 397 g/mol. The van der Waals surface area contributed by atoms with E-state index >= 15 is 0 Å². The first kappa shape index (κ1) is 19.7. The number of benzene rings is 2. The van der Waals surface area contributed by atoms with Gasteiger partial charge < -0.3 is 10.4 Å². The number of carbonyl (C=O) groups is 4. The summed E-state index contributed by atoms with van der Waals surface area (Å²) in [6.07, 6.45) is -0.555. The van der Waals surface area contributed by atoms with Crippen LogP contribution in [0.5, 0.6) is 0 Å². The first-order valence-electron chi connectivity index (χ1n) is 8.53. The van der Waals surface area contributed by atoms with Gasteiger partial charge in [0, 0.05) is 24.2 Å². The van der Waals surface area contributed by atoms with E-state index in [1.807, 2.05) is 0 Å². The van der Waals surface area contributed by atoms with Crippen LogP contribution >= 0.6 is 0 Å². The third-order valence-electron chi connectivity index (χ3n) is 4.43. The predicted molar refractivity (Wildman–Crippen MR) is 99.3 cm³/mol. The lowest BCUT2D eigenvalue weighted by Crippen LogP contribution is -2.45. The number of nitrogens with zero attached hydrogens (tertiary/aromatic N) is 2. The average Bonchev–Trinajstić information content (AvgIpc) is 2.94. The number of rotatable bonds is 7. The van der Waals surface area contributed by atoms with Crippen LogP contribution in [0.15, 0.2) is 48.5 Å². The van der Waals surface area contributed by atoms with Gasteiger partial charge in [0.05, 0.1) is 16.1 Å². The Hall–Kier alpha value is -4.08. The van der Waals surface area contributed by atoms with Crippen LogP contribution in [0, 0.1) is 10.1 Å². The van der Waals surface area contributed by atoms with Crippen LogP contribution in [-0.2, 0) is 9.59 Å². The lowest BCUT2D eigenvalue weighted by molar-refractivity contribution is -0.384. The highest BCUT2D eigenvalue weighted by atomic mass is 16.6. The largest absolute Gasteiger partial charge is 0.480 e. The molecule has 10 heteroatoms. The molecule has 2 aromatic rings. The SMILES string of the molecule is O=C(CCC(C(=O)O)N1C(=O)c2ccccc2C1=O)Nc1ccc([N+](=O)[O-])cc1. The predicted octanol–water partition coefficient (Wildman–Crippen LogP) is 2.06. The molecule has 29 heavy (non-hydrogen) atoms. The number of nitro benzene ring substituents is 1. The molecule has 3 amide bonds. The van der Waals surface area contributed by atoms with E-state index in [1.54, 1.807) is 12.1 Å². The first-order chi connectivity index (χ1) is 13.8. The van der Waals surface area contributed by atoms with Crippen LogP contribution in [0.1, 0.15) is 33.6 Å². The van der Waals surface area contributed by atoms with Crippen LogP contribution in [-0.4, -0.2) is 44.7 Å². The minimum Gasteiger partial charge on any atom is -0.480 e. The summed E-state index contributed by atoms with van der Waals surface area (Å²) in [7, 11) is 0. The van der Waals surface area contributed by atoms with Gasteiger partial charge in [-0.2, -0.15) is 0 Å². The number of nitrogens with one attached hydrogen (secondary N) is 1. The fourth-order valence-corrected chi connectivity index (χ4v) is 3.01. The molecular formula is C19H15N3O7. The Balaban J connectivity index is 1.67. The molecule has 1 aliphatic rings. The van der Waals surface area contributed by atoms with Crippen molar-refractivity contribution < 1.29 is 29.2 Å². The van der Waals surface area contributed by atoms with Crippen molar-refractivity contribution in [3.05, 3.63) is 69.8 Å². The molecule has 0 fully saturated rings. The smallest absolute Gasteiger partial charge is 0.326 e. The lowest BCUT2D eigenvalue weighted by atomic mass is 10.1. The van der Waals surface area contributed by atoms with E-state index in [9.17, 15) is 34.4 Å². The van der Waals surface area contributed by atoms with Gasteiger partial charge in [0.1, 0.15) is 6.04 Å². The van der Waals surface area contributed by atoms with Crippen LogP contribution in [0.4, 0.5) is 11.4 Å². The van der Waals surface area contributed by atoms with E-state index in [0.717, 1.165) is 0 Å². The zero-order valence-corrected chi connectivity index (χ0v) is 14.9. The Bertz CT molecular complexity index is 982. The van der Waals surface area contributed by atoms with Crippen molar-refractivity contribution in [1.82, 2.24) is 4.90 Å². The summed E-state index contributed by atoms with van der Waals surface area (Å²) in [4.78, 5) is 59.4. The molecule has 1 aliphatic heterocycles. The van der Waals surface area contributed by atoms with Gasteiger partial charge in [0.15, 0.2) is 0 Å². The van der Waals surface area contributed by atoms with E-state index in [1.165, 1.54) is 36.4 Å². The first-order valence-corrected chi connectivity index (χ1v) is 8.53. The molecule has 10 nitrogen and oxygen atoms in total. The summed E-state index contributed by atoms with van der Waals surface area (Å²) >= 11 is 0. The summed E-state index contributed by atoms with van der Waals surface area (Å²) in [6.45, 7) is 0. The van der Waals surface area contributed by atoms with Gasteiger partial charge in [-0.05, 0) is 30.7 Å². The molecule has 0 spiro atoms. The molecule has 0 saturated carbocycles. The number of nitro groups is 1. The number of anilines is 1. The van der Waals surface area contributed by atoms with Gasteiger partial charge >= 0.3 is 5.97 Å². The second-order valence-corrected chi connectivity index (χ2v) is 6.27. The number of non-ortho nitro benzene ring substituents is 1. The van der Waals surface area contributed by atoms with Crippen LogP contribution < -0.4 is 5.32 Å². The van der Waals surface area contributed by atoms with Gasteiger partial charge in [0.2, 0.25) is 5.91 Å². The van der Waals surface area contributed by atoms with Crippen LogP contribution in [0.3, 0.4) is 0 Å². The number of carbonyl (C=O) groups excluding carboxylic acids is 3. The number of carboxylic acid groups (broad SMARTS) is 1. The van der Waals surface area contributed by atoms with E-state index in [2.05, 4.69) is 5.32 Å². The van der Waals surface area contributed by atoms with Crippen molar-refractivity contribution in [2.24, 2.45) is 0 Å². The van der Waals surface area contributed by atoms with Gasteiger partial charge in [0.25, 0.3) is 17.5 Å². The Labute approximate surface area is 163 Å². The van der Waals surface area contributed by atoms with Crippen molar-refractivity contribution >= 4 is 35.1 Å². The zero-order valence-electron chi connectivity index (χ0n) is 14.9. The Morgan fingerprint density at radius 3 is 2.07 bits per heavy atom. The normalized spacial score (nSPS) is 13.7. The number of fused-ring (bicyclic) bond motifs is 1. The molecule has 2 N–H and O–H groups in total. The molecule has 0 radical (unpaired) electrons. The fraction of sp³-hybridized carbons (Fsp3) is 0.158. The molecule has 148 valence electrons. The second-order valence-electron chi connectivity index (χ2n) is 6.27. The summed E-state index contributed by atoms with van der Waals surface area (Å²) in [5.74, 6) is -3.38.